The van der Waals surface area contributed by atoms with E-state index in [9.17, 15) is 0 Å². The number of hydrogen-bond acceptors (Lipinski definition) is 1. The van der Waals surface area contributed by atoms with E-state index in [4.69, 9.17) is 4.74 Å². The lowest BCUT2D eigenvalue weighted by atomic mass is 10.1. The van der Waals surface area contributed by atoms with E-state index >= 15 is 0 Å². The number of hydrogen-bond donors (Lipinski definition) is 0. The Morgan fingerprint density at radius 3 is 2.54 bits per heavy atom. The smallest absolute Gasteiger partial charge is 0.122 e. The van der Waals surface area contributed by atoms with Gasteiger partial charge in [0.1, 0.15) is 5.75 Å². The second kappa shape index (κ2) is 4.90. The van der Waals surface area contributed by atoms with Gasteiger partial charge in [-0.1, -0.05) is 32.4 Å². The normalized spacial score (nSPS) is 10.1. The van der Waals surface area contributed by atoms with Crippen LogP contribution in [-0.4, -0.2) is 7.11 Å². The Morgan fingerprint density at radius 2 is 2.00 bits per heavy atom. The van der Waals surface area contributed by atoms with Gasteiger partial charge in [0.2, 0.25) is 0 Å². The number of rotatable bonds is 4. The minimum absolute atomic E-state index is 1.04. The van der Waals surface area contributed by atoms with E-state index in [1.165, 1.54) is 17.5 Å². The van der Waals surface area contributed by atoms with Crippen molar-refractivity contribution in [3.05, 3.63) is 29.3 Å². The maximum absolute atomic E-state index is 5.34. The molecule has 0 radical (unpaired) electrons. The fraction of sp³-hybridized carbons (Fsp3) is 0.500. The molecule has 1 rings (SSSR count). The van der Waals surface area contributed by atoms with Crippen molar-refractivity contribution in [2.45, 2.75) is 33.1 Å². The third-order valence-corrected chi connectivity index (χ3v) is 2.28. The van der Waals surface area contributed by atoms with Gasteiger partial charge in [0.05, 0.1) is 7.11 Å². The van der Waals surface area contributed by atoms with Gasteiger partial charge in [0.25, 0.3) is 0 Å². The molecule has 0 saturated carbocycles. The molecule has 1 nitrogen and oxygen atoms in total. The lowest BCUT2D eigenvalue weighted by molar-refractivity contribution is 0.409. The van der Waals surface area contributed by atoms with Crippen molar-refractivity contribution in [1.29, 1.82) is 0 Å². The molecule has 0 saturated heterocycles. The van der Waals surface area contributed by atoms with Gasteiger partial charge in [-0.05, 0) is 30.0 Å². The molecule has 0 aliphatic heterocycles. The molecular formula is C12H18O. The summed E-state index contributed by atoms with van der Waals surface area (Å²) in [6.07, 6.45) is 3.35. The zero-order valence-corrected chi connectivity index (χ0v) is 8.76. The molecule has 0 amide bonds. The highest BCUT2D eigenvalue weighted by Gasteiger charge is 2.01. The summed E-state index contributed by atoms with van der Waals surface area (Å²) in [6, 6.07) is 6.51. The average Bonchev–Trinajstić information content (AvgIpc) is 2.19. The molecule has 0 aliphatic rings. The summed E-state index contributed by atoms with van der Waals surface area (Å²) in [5, 5.41) is 0. The summed E-state index contributed by atoms with van der Waals surface area (Å²) in [7, 11) is 1.74. The van der Waals surface area contributed by atoms with Gasteiger partial charge in [-0.25, -0.2) is 0 Å². The van der Waals surface area contributed by atoms with Gasteiger partial charge in [0.15, 0.2) is 0 Å². The summed E-state index contributed by atoms with van der Waals surface area (Å²) in [4.78, 5) is 0. The molecule has 72 valence electrons. The molecule has 1 aromatic rings. The molecule has 1 aromatic carbocycles. The van der Waals surface area contributed by atoms with E-state index in [0.717, 1.165) is 18.6 Å². The lowest BCUT2D eigenvalue weighted by Gasteiger charge is -2.08. The molecule has 0 aliphatic carbocycles. The lowest BCUT2D eigenvalue weighted by Crippen LogP contribution is -1.93. The van der Waals surface area contributed by atoms with Gasteiger partial charge in [-0.3, -0.25) is 0 Å². The molecule has 0 bridgehead atoms. The predicted octanol–water partition coefficient (Wildman–Crippen LogP) is 3.21. The maximum atomic E-state index is 5.34. The average molecular weight is 178 g/mol. The van der Waals surface area contributed by atoms with Crippen LogP contribution in [0.3, 0.4) is 0 Å². The largest absolute Gasteiger partial charge is 0.496 e. The zero-order chi connectivity index (χ0) is 9.68. The van der Waals surface area contributed by atoms with Crippen molar-refractivity contribution in [2.75, 3.05) is 7.11 Å². The number of benzene rings is 1. The van der Waals surface area contributed by atoms with Crippen molar-refractivity contribution in [3.63, 3.8) is 0 Å². The van der Waals surface area contributed by atoms with E-state index in [1.807, 2.05) is 0 Å². The Kier molecular flexibility index (Phi) is 3.81. The monoisotopic (exact) mass is 178 g/mol. The second-order valence-electron chi connectivity index (χ2n) is 3.25. The van der Waals surface area contributed by atoms with Gasteiger partial charge in [-0.15, -0.1) is 0 Å². The second-order valence-corrected chi connectivity index (χ2v) is 3.25. The van der Waals surface area contributed by atoms with Gasteiger partial charge in [-0.2, -0.15) is 0 Å². The molecule has 0 aromatic heterocycles. The van der Waals surface area contributed by atoms with E-state index in [1.54, 1.807) is 7.11 Å². The van der Waals surface area contributed by atoms with E-state index < -0.39 is 0 Å². The Hall–Kier alpha value is -0.980. The van der Waals surface area contributed by atoms with Crippen molar-refractivity contribution < 1.29 is 4.74 Å². The summed E-state index contributed by atoms with van der Waals surface area (Å²) >= 11 is 0. The predicted molar refractivity (Wildman–Crippen MR) is 56.4 cm³/mol. The Bertz CT molecular complexity index is 266. The van der Waals surface area contributed by atoms with Crippen LogP contribution in [-0.2, 0) is 12.8 Å². The van der Waals surface area contributed by atoms with Crippen LogP contribution in [0.25, 0.3) is 0 Å². The molecule has 1 heteroatoms. The van der Waals surface area contributed by atoms with Gasteiger partial charge < -0.3 is 4.74 Å². The van der Waals surface area contributed by atoms with Crippen LogP contribution in [0.2, 0.25) is 0 Å². The first-order valence-corrected chi connectivity index (χ1v) is 4.97. The van der Waals surface area contributed by atoms with Gasteiger partial charge >= 0.3 is 0 Å². The molecule has 0 N–H and O–H groups in total. The van der Waals surface area contributed by atoms with Crippen LogP contribution in [0.5, 0.6) is 5.75 Å². The van der Waals surface area contributed by atoms with E-state index in [-0.39, 0.29) is 0 Å². The molecular weight excluding hydrogens is 160 g/mol. The van der Waals surface area contributed by atoms with Crippen LogP contribution in [0.1, 0.15) is 31.4 Å². The summed E-state index contributed by atoms with van der Waals surface area (Å²) in [6.45, 7) is 4.35. The fourth-order valence-electron chi connectivity index (χ4n) is 1.48. The minimum atomic E-state index is 1.04. The Labute approximate surface area is 80.7 Å². The van der Waals surface area contributed by atoms with Crippen molar-refractivity contribution in [3.8, 4) is 5.75 Å². The van der Waals surface area contributed by atoms with Gasteiger partial charge in [0, 0.05) is 0 Å². The number of methoxy groups -OCH3 is 1. The third-order valence-electron chi connectivity index (χ3n) is 2.28. The molecule has 0 heterocycles. The number of ether oxygens (including phenoxy) is 1. The van der Waals surface area contributed by atoms with Crippen molar-refractivity contribution in [1.82, 2.24) is 0 Å². The van der Waals surface area contributed by atoms with Crippen LogP contribution >= 0.6 is 0 Å². The maximum Gasteiger partial charge on any atom is 0.122 e. The Morgan fingerprint density at radius 1 is 1.23 bits per heavy atom. The molecule has 0 spiro atoms. The first-order chi connectivity index (χ1) is 6.31. The number of aryl methyl sites for hydroxylation is 2. The first-order valence-electron chi connectivity index (χ1n) is 4.97. The quantitative estimate of drug-likeness (QED) is 0.688. The molecule has 0 fully saturated rings. The van der Waals surface area contributed by atoms with E-state index in [2.05, 4.69) is 32.0 Å². The molecule has 13 heavy (non-hydrogen) atoms. The zero-order valence-electron chi connectivity index (χ0n) is 8.76. The molecule has 0 atom stereocenters. The highest BCUT2D eigenvalue weighted by Crippen LogP contribution is 2.21. The van der Waals surface area contributed by atoms with Crippen molar-refractivity contribution >= 4 is 0 Å². The standard InChI is InChI=1S/C12H18O/c1-4-6-11-8-7-10(5-2)9-12(11)13-3/h7-9H,4-6H2,1-3H3. The summed E-state index contributed by atoms with van der Waals surface area (Å²) < 4.78 is 5.34. The van der Waals surface area contributed by atoms with E-state index in [0.29, 0.717) is 0 Å². The third kappa shape index (κ3) is 2.48. The van der Waals surface area contributed by atoms with Crippen LogP contribution in [0, 0.1) is 0 Å². The van der Waals surface area contributed by atoms with Crippen LogP contribution in [0.15, 0.2) is 18.2 Å². The highest BCUT2D eigenvalue weighted by molar-refractivity contribution is 5.37. The first kappa shape index (κ1) is 10.1. The topological polar surface area (TPSA) is 9.23 Å². The summed E-state index contributed by atoms with van der Waals surface area (Å²) in [5.74, 6) is 1.04. The van der Waals surface area contributed by atoms with Crippen molar-refractivity contribution in [2.24, 2.45) is 0 Å². The molecule has 0 unspecified atom stereocenters. The van der Waals surface area contributed by atoms with Crippen LogP contribution < -0.4 is 4.74 Å². The minimum Gasteiger partial charge on any atom is -0.496 e. The van der Waals surface area contributed by atoms with Crippen LogP contribution in [0.4, 0.5) is 0 Å². The fourth-order valence-corrected chi connectivity index (χ4v) is 1.48. The Balaban J connectivity index is 2.93. The highest BCUT2D eigenvalue weighted by atomic mass is 16.5. The summed E-state index contributed by atoms with van der Waals surface area (Å²) in [5.41, 5.74) is 2.67. The SMILES string of the molecule is CCCc1ccc(CC)cc1OC.